The van der Waals surface area contributed by atoms with E-state index in [1.165, 1.54) is 0 Å². The molecule has 1 aromatic heterocycles. The minimum absolute atomic E-state index is 0.000603. The van der Waals surface area contributed by atoms with E-state index in [2.05, 4.69) is 29.0 Å². The second kappa shape index (κ2) is 7.41. The van der Waals surface area contributed by atoms with Crippen LogP contribution in [0.25, 0.3) is 0 Å². The van der Waals surface area contributed by atoms with Gasteiger partial charge < -0.3 is 15.1 Å². The van der Waals surface area contributed by atoms with E-state index in [9.17, 15) is 4.79 Å². The minimum Gasteiger partial charge on any atom is -0.334 e. The van der Waals surface area contributed by atoms with Crippen molar-refractivity contribution in [2.24, 2.45) is 5.92 Å². The molecule has 0 aromatic carbocycles. The molecule has 0 unspecified atom stereocenters. The third-order valence-electron chi connectivity index (χ3n) is 4.38. The number of hydrogen-bond acceptors (Lipinski definition) is 3. The SMILES string of the molecule is CCN1CC[C@H](N(C)C(=O)NCc2cccnc2)[C@H](C)C1. The molecule has 0 saturated carbocycles. The Morgan fingerprint density at radius 3 is 3.00 bits per heavy atom. The van der Waals surface area contributed by atoms with E-state index < -0.39 is 0 Å². The number of carbonyl (C=O) groups excluding carboxylic acids is 1. The molecule has 0 spiro atoms. The van der Waals surface area contributed by atoms with Crippen LogP contribution in [0.15, 0.2) is 24.5 Å². The first-order valence-electron chi connectivity index (χ1n) is 7.73. The van der Waals surface area contributed by atoms with E-state index in [4.69, 9.17) is 0 Å². The first-order valence-corrected chi connectivity index (χ1v) is 7.73. The van der Waals surface area contributed by atoms with Crippen LogP contribution in [-0.2, 0) is 6.54 Å². The van der Waals surface area contributed by atoms with E-state index in [0.717, 1.165) is 31.6 Å². The molecule has 2 atom stereocenters. The summed E-state index contributed by atoms with van der Waals surface area (Å²) in [6.07, 6.45) is 4.56. The third kappa shape index (κ3) is 4.17. The van der Waals surface area contributed by atoms with Gasteiger partial charge in [-0.15, -0.1) is 0 Å². The van der Waals surface area contributed by atoms with Crippen molar-refractivity contribution in [3.05, 3.63) is 30.1 Å². The largest absolute Gasteiger partial charge is 0.334 e. The molecule has 5 heteroatoms. The normalized spacial score (nSPS) is 22.8. The van der Waals surface area contributed by atoms with E-state index in [1.54, 1.807) is 12.4 Å². The first kappa shape index (κ1) is 15.8. The van der Waals surface area contributed by atoms with Crippen LogP contribution >= 0.6 is 0 Å². The van der Waals surface area contributed by atoms with Crippen LogP contribution in [0.5, 0.6) is 0 Å². The van der Waals surface area contributed by atoms with Crippen molar-refractivity contribution >= 4 is 6.03 Å². The molecule has 1 aliphatic heterocycles. The number of urea groups is 1. The van der Waals surface area contributed by atoms with Gasteiger partial charge in [0, 0.05) is 45.1 Å². The van der Waals surface area contributed by atoms with Gasteiger partial charge in [-0.05, 0) is 30.5 Å². The number of nitrogens with one attached hydrogen (secondary N) is 1. The smallest absolute Gasteiger partial charge is 0.317 e. The number of likely N-dealkylation sites (tertiary alicyclic amines) is 1. The van der Waals surface area contributed by atoms with Crippen molar-refractivity contribution in [3.63, 3.8) is 0 Å². The van der Waals surface area contributed by atoms with Crippen LogP contribution in [0.3, 0.4) is 0 Å². The van der Waals surface area contributed by atoms with Crippen molar-refractivity contribution in [2.45, 2.75) is 32.9 Å². The fraction of sp³-hybridized carbons (Fsp3) is 0.625. The molecule has 2 rings (SSSR count). The highest BCUT2D eigenvalue weighted by Crippen LogP contribution is 2.21. The lowest BCUT2D eigenvalue weighted by Crippen LogP contribution is -2.52. The molecule has 5 nitrogen and oxygen atoms in total. The predicted octanol–water partition coefficient (Wildman–Crippen LogP) is 1.95. The zero-order valence-corrected chi connectivity index (χ0v) is 13.2. The average molecular weight is 290 g/mol. The lowest BCUT2D eigenvalue weighted by atomic mass is 9.93. The van der Waals surface area contributed by atoms with Gasteiger partial charge in [0.05, 0.1) is 0 Å². The molecule has 1 N–H and O–H groups in total. The highest BCUT2D eigenvalue weighted by atomic mass is 16.2. The molecular weight excluding hydrogens is 264 g/mol. The van der Waals surface area contributed by atoms with Crippen molar-refractivity contribution in [2.75, 3.05) is 26.7 Å². The Morgan fingerprint density at radius 1 is 1.57 bits per heavy atom. The lowest BCUT2D eigenvalue weighted by Gasteiger charge is -2.40. The number of rotatable bonds is 4. The van der Waals surface area contributed by atoms with Crippen LogP contribution in [0.1, 0.15) is 25.8 Å². The summed E-state index contributed by atoms with van der Waals surface area (Å²) in [5, 5.41) is 2.98. The summed E-state index contributed by atoms with van der Waals surface area (Å²) in [6, 6.07) is 4.17. The fourth-order valence-electron chi connectivity index (χ4n) is 3.04. The summed E-state index contributed by atoms with van der Waals surface area (Å²) < 4.78 is 0. The number of hydrogen-bond donors (Lipinski definition) is 1. The van der Waals surface area contributed by atoms with E-state index in [-0.39, 0.29) is 6.03 Å². The zero-order chi connectivity index (χ0) is 15.2. The van der Waals surface area contributed by atoms with Gasteiger partial charge in [-0.1, -0.05) is 19.9 Å². The number of nitrogens with zero attached hydrogens (tertiary/aromatic N) is 3. The summed E-state index contributed by atoms with van der Waals surface area (Å²) in [7, 11) is 1.90. The fourth-order valence-corrected chi connectivity index (χ4v) is 3.04. The summed E-state index contributed by atoms with van der Waals surface area (Å²) in [4.78, 5) is 20.7. The van der Waals surface area contributed by atoms with Crippen molar-refractivity contribution < 1.29 is 4.79 Å². The quantitative estimate of drug-likeness (QED) is 0.922. The number of aromatic nitrogens is 1. The maximum atomic E-state index is 12.3. The molecule has 1 aromatic rings. The second-order valence-corrected chi connectivity index (χ2v) is 5.86. The van der Waals surface area contributed by atoms with Crippen molar-refractivity contribution in [3.8, 4) is 0 Å². The topological polar surface area (TPSA) is 48.5 Å². The number of pyridine rings is 1. The molecule has 2 heterocycles. The van der Waals surface area contributed by atoms with Crippen molar-refractivity contribution in [1.82, 2.24) is 20.1 Å². The Morgan fingerprint density at radius 2 is 2.38 bits per heavy atom. The molecule has 0 radical (unpaired) electrons. The molecule has 0 aliphatic carbocycles. The molecular formula is C16H26N4O. The van der Waals surface area contributed by atoms with Gasteiger partial charge in [-0.3, -0.25) is 4.98 Å². The Labute approximate surface area is 127 Å². The molecule has 1 fully saturated rings. The van der Waals surface area contributed by atoms with Gasteiger partial charge in [-0.25, -0.2) is 4.79 Å². The maximum Gasteiger partial charge on any atom is 0.317 e. The van der Waals surface area contributed by atoms with Gasteiger partial charge in [0.15, 0.2) is 0 Å². The third-order valence-corrected chi connectivity index (χ3v) is 4.38. The Hall–Kier alpha value is -1.62. The zero-order valence-electron chi connectivity index (χ0n) is 13.2. The van der Waals surface area contributed by atoms with Gasteiger partial charge >= 0.3 is 6.03 Å². The number of carbonyl (C=O) groups is 1. The molecule has 0 bridgehead atoms. The molecule has 1 saturated heterocycles. The summed E-state index contributed by atoms with van der Waals surface area (Å²) in [5.74, 6) is 0.507. The Kier molecular flexibility index (Phi) is 5.56. The highest BCUT2D eigenvalue weighted by molar-refractivity contribution is 5.74. The van der Waals surface area contributed by atoms with Crippen molar-refractivity contribution in [1.29, 1.82) is 0 Å². The molecule has 116 valence electrons. The Bertz CT molecular complexity index is 451. The first-order chi connectivity index (χ1) is 10.1. The maximum absolute atomic E-state index is 12.3. The van der Waals surface area contributed by atoms with Crippen LogP contribution in [0, 0.1) is 5.92 Å². The summed E-state index contributed by atoms with van der Waals surface area (Å²) in [5.41, 5.74) is 1.02. The van der Waals surface area contributed by atoms with Gasteiger partial charge in [-0.2, -0.15) is 0 Å². The van der Waals surface area contributed by atoms with Crippen LogP contribution < -0.4 is 5.32 Å². The van der Waals surface area contributed by atoms with Crippen LogP contribution in [0.4, 0.5) is 4.79 Å². The monoisotopic (exact) mass is 290 g/mol. The van der Waals surface area contributed by atoms with E-state index in [0.29, 0.717) is 18.5 Å². The predicted molar refractivity (Wildman–Crippen MR) is 83.9 cm³/mol. The van der Waals surface area contributed by atoms with E-state index >= 15 is 0 Å². The van der Waals surface area contributed by atoms with E-state index in [1.807, 2.05) is 24.1 Å². The molecule has 2 amide bonds. The van der Waals surface area contributed by atoms with Gasteiger partial charge in [0.1, 0.15) is 0 Å². The van der Waals surface area contributed by atoms with Crippen LogP contribution in [-0.4, -0.2) is 53.5 Å². The summed E-state index contributed by atoms with van der Waals surface area (Å²) >= 11 is 0. The Balaban J connectivity index is 1.84. The highest BCUT2D eigenvalue weighted by Gasteiger charge is 2.30. The van der Waals surface area contributed by atoms with Crippen LogP contribution in [0.2, 0.25) is 0 Å². The van der Waals surface area contributed by atoms with Gasteiger partial charge in [0.2, 0.25) is 0 Å². The number of piperidine rings is 1. The lowest BCUT2D eigenvalue weighted by molar-refractivity contribution is 0.0962. The van der Waals surface area contributed by atoms with Gasteiger partial charge in [0.25, 0.3) is 0 Å². The summed E-state index contributed by atoms with van der Waals surface area (Å²) in [6.45, 7) is 8.19. The second-order valence-electron chi connectivity index (χ2n) is 5.86. The number of amides is 2. The average Bonchev–Trinajstić information content (AvgIpc) is 2.52. The minimum atomic E-state index is 0.000603. The standard InChI is InChI=1S/C16H26N4O/c1-4-20-9-7-15(13(2)12-20)19(3)16(21)18-11-14-6-5-8-17-10-14/h5-6,8,10,13,15H,4,7,9,11-12H2,1-3H3,(H,18,21)/t13-,15+/m1/s1. The molecule has 21 heavy (non-hydrogen) atoms. The molecule has 1 aliphatic rings.